The number of halogens is 1. The smallest absolute Gasteiger partial charge is 0.119 e. The van der Waals surface area contributed by atoms with E-state index in [1.54, 1.807) is 7.11 Å². The van der Waals surface area contributed by atoms with Gasteiger partial charge in [0.1, 0.15) is 5.75 Å². The molecule has 0 amide bonds. The highest BCUT2D eigenvalue weighted by molar-refractivity contribution is 9.10. The molecule has 0 fully saturated rings. The molecular formula is C15H24BrNO2. The first-order chi connectivity index (χ1) is 8.94. The number of benzene rings is 1. The van der Waals surface area contributed by atoms with Crippen LogP contribution >= 0.6 is 15.9 Å². The normalized spacial score (nSPS) is 13.4. The average molecular weight is 330 g/mol. The molecule has 1 N–H and O–H groups in total. The summed E-state index contributed by atoms with van der Waals surface area (Å²) < 4.78 is 12.2. The van der Waals surface area contributed by atoms with Crippen molar-refractivity contribution in [3.05, 3.63) is 28.2 Å². The monoisotopic (exact) mass is 329 g/mol. The van der Waals surface area contributed by atoms with Crippen molar-refractivity contribution in [1.82, 2.24) is 5.32 Å². The predicted octanol–water partition coefficient (Wildman–Crippen LogP) is 3.40. The van der Waals surface area contributed by atoms with Crippen molar-refractivity contribution in [2.75, 3.05) is 20.8 Å². The second-order valence-corrected chi connectivity index (χ2v) is 5.89. The Morgan fingerprint density at radius 1 is 1.37 bits per heavy atom. The van der Waals surface area contributed by atoms with Crippen molar-refractivity contribution in [1.29, 1.82) is 0 Å². The topological polar surface area (TPSA) is 30.5 Å². The zero-order valence-electron chi connectivity index (χ0n) is 12.4. The highest BCUT2D eigenvalue weighted by atomic mass is 79.9. The largest absolute Gasteiger partial charge is 0.497 e. The maximum absolute atomic E-state index is 5.84. The Balaban J connectivity index is 2.92. The zero-order valence-corrected chi connectivity index (χ0v) is 14.0. The van der Waals surface area contributed by atoms with Gasteiger partial charge in [0.2, 0.25) is 0 Å². The van der Waals surface area contributed by atoms with Crippen LogP contribution in [-0.4, -0.2) is 32.4 Å². The number of likely N-dealkylation sites (N-methyl/N-ethyl adjacent to an activating group) is 1. The molecule has 0 aliphatic rings. The third-order valence-corrected chi connectivity index (χ3v) is 4.15. The fourth-order valence-corrected chi connectivity index (χ4v) is 2.63. The van der Waals surface area contributed by atoms with E-state index in [2.05, 4.69) is 41.2 Å². The second-order valence-electron chi connectivity index (χ2n) is 5.04. The number of hydrogen-bond donors (Lipinski definition) is 1. The molecule has 0 radical (unpaired) electrons. The standard InChI is InChI=1S/C15H24BrNO2/c1-6-19-15(2,3)14(17-4)10-11-9-12(18-5)7-8-13(11)16/h7-9,14,17H,6,10H2,1-5H3. The van der Waals surface area contributed by atoms with E-state index in [4.69, 9.17) is 9.47 Å². The molecule has 1 rings (SSSR count). The minimum atomic E-state index is -0.216. The van der Waals surface area contributed by atoms with E-state index >= 15 is 0 Å². The van der Waals surface area contributed by atoms with Crippen LogP contribution in [0.4, 0.5) is 0 Å². The van der Waals surface area contributed by atoms with Crippen molar-refractivity contribution in [2.45, 2.75) is 38.8 Å². The summed E-state index contributed by atoms with van der Waals surface area (Å²) in [6.07, 6.45) is 0.876. The van der Waals surface area contributed by atoms with Gasteiger partial charge in [-0.3, -0.25) is 0 Å². The maximum Gasteiger partial charge on any atom is 0.119 e. The minimum absolute atomic E-state index is 0.216. The van der Waals surface area contributed by atoms with Crippen LogP contribution in [0.3, 0.4) is 0 Å². The van der Waals surface area contributed by atoms with Gasteiger partial charge in [-0.25, -0.2) is 0 Å². The van der Waals surface area contributed by atoms with Gasteiger partial charge in [-0.2, -0.15) is 0 Å². The van der Waals surface area contributed by atoms with E-state index in [1.807, 2.05) is 26.1 Å². The zero-order chi connectivity index (χ0) is 14.5. The Morgan fingerprint density at radius 2 is 2.05 bits per heavy atom. The second kappa shape index (κ2) is 7.27. The predicted molar refractivity (Wildman–Crippen MR) is 83.0 cm³/mol. The fraction of sp³-hybridized carbons (Fsp3) is 0.600. The molecule has 0 heterocycles. The van der Waals surface area contributed by atoms with Crippen LogP contribution in [0.2, 0.25) is 0 Å². The lowest BCUT2D eigenvalue weighted by Crippen LogP contribution is -2.48. The highest BCUT2D eigenvalue weighted by Crippen LogP contribution is 2.26. The Kier molecular flexibility index (Phi) is 6.30. The molecule has 0 bridgehead atoms. The summed E-state index contributed by atoms with van der Waals surface area (Å²) >= 11 is 3.60. The maximum atomic E-state index is 5.84. The summed E-state index contributed by atoms with van der Waals surface area (Å²) in [6, 6.07) is 6.27. The molecule has 1 unspecified atom stereocenters. The van der Waals surface area contributed by atoms with Gasteiger partial charge in [-0.15, -0.1) is 0 Å². The minimum Gasteiger partial charge on any atom is -0.497 e. The van der Waals surface area contributed by atoms with Crippen molar-refractivity contribution < 1.29 is 9.47 Å². The van der Waals surface area contributed by atoms with E-state index in [0.29, 0.717) is 6.61 Å². The number of methoxy groups -OCH3 is 1. The fourth-order valence-electron chi connectivity index (χ4n) is 2.22. The first-order valence-corrected chi connectivity index (χ1v) is 7.37. The van der Waals surface area contributed by atoms with Gasteiger partial charge in [-0.05, 0) is 58.0 Å². The lowest BCUT2D eigenvalue weighted by molar-refractivity contribution is -0.0363. The molecule has 19 heavy (non-hydrogen) atoms. The van der Waals surface area contributed by atoms with Gasteiger partial charge in [0, 0.05) is 17.1 Å². The summed E-state index contributed by atoms with van der Waals surface area (Å²) in [5.74, 6) is 0.877. The van der Waals surface area contributed by atoms with Gasteiger partial charge in [-0.1, -0.05) is 15.9 Å². The summed E-state index contributed by atoms with van der Waals surface area (Å²) in [6.45, 7) is 6.97. The Bertz CT molecular complexity index is 407. The van der Waals surface area contributed by atoms with Crippen molar-refractivity contribution >= 4 is 15.9 Å². The molecule has 108 valence electrons. The molecule has 0 aliphatic heterocycles. The van der Waals surface area contributed by atoms with Crippen molar-refractivity contribution in [3.8, 4) is 5.75 Å². The molecule has 0 aliphatic carbocycles. The van der Waals surface area contributed by atoms with E-state index in [0.717, 1.165) is 16.6 Å². The average Bonchev–Trinajstić information content (AvgIpc) is 2.37. The summed E-state index contributed by atoms with van der Waals surface area (Å²) in [7, 11) is 3.66. The van der Waals surface area contributed by atoms with Gasteiger partial charge in [0.15, 0.2) is 0 Å². The van der Waals surface area contributed by atoms with Crippen LogP contribution in [0, 0.1) is 0 Å². The molecule has 3 nitrogen and oxygen atoms in total. The molecule has 4 heteroatoms. The van der Waals surface area contributed by atoms with Crippen LogP contribution in [0.1, 0.15) is 26.3 Å². The van der Waals surface area contributed by atoms with Crippen LogP contribution in [0.15, 0.2) is 22.7 Å². The van der Waals surface area contributed by atoms with E-state index < -0.39 is 0 Å². The molecular weight excluding hydrogens is 306 g/mol. The number of hydrogen-bond acceptors (Lipinski definition) is 3. The Labute approximate surface area is 124 Å². The summed E-state index contributed by atoms with van der Waals surface area (Å²) in [4.78, 5) is 0. The van der Waals surface area contributed by atoms with Gasteiger partial charge in [0.25, 0.3) is 0 Å². The first-order valence-electron chi connectivity index (χ1n) is 6.58. The number of rotatable bonds is 7. The molecule has 0 spiro atoms. The number of ether oxygens (including phenoxy) is 2. The Morgan fingerprint density at radius 3 is 2.58 bits per heavy atom. The third kappa shape index (κ3) is 4.48. The van der Waals surface area contributed by atoms with Crippen LogP contribution < -0.4 is 10.1 Å². The van der Waals surface area contributed by atoms with E-state index in [-0.39, 0.29) is 11.6 Å². The lowest BCUT2D eigenvalue weighted by Gasteiger charge is -2.34. The van der Waals surface area contributed by atoms with Crippen molar-refractivity contribution in [2.24, 2.45) is 0 Å². The molecule has 1 aromatic carbocycles. The van der Waals surface area contributed by atoms with Gasteiger partial charge < -0.3 is 14.8 Å². The van der Waals surface area contributed by atoms with Crippen LogP contribution in [0.5, 0.6) is 5.75 Å². The number of nitrogens with one attached hydrogen (secondary N) is 1. The van der Waals surface area contributed by atoms with E-state index in [1.165, 1.54) is 5.56 Å². The van der Waals surface area contributed by atoms with Crippen LogP contribution in [-0.2, 0) is 11.2 Å². The van der Waals surface area contributed by atoms with Gasteiger partial charge >= 0.3 is 0 Å². The molecule has 1 atom stereocenters. The summed E-state index contributed by atoms with van der Waals surface area (Å²) in [5.41, 5.74) is 0.998. The van der Waals surface area contributed by atoms with E-state index in [9.17, 15) is 0 Å². The molecule has 0 aromatic heterocycles. The summed E-state index contributed by atoms with van der Waals surface area (Å²) in [5, 5.41) is 3.35. The molecule has 0 saturated carbocycles. The first kappa shape index (κ1) is 16.5. The van der Waals surface area contributed by atoms with Crippen molar-refractivity contribution in [3.63, 3.8) is 0 Å². The van der Waals surface area contributed by atoms with Gasteiger partial charge in [0.05, 0.1) is 12.7 Å². The molecule has 0 saturated heterocycles. The quantitative estimate of drug-likeness (QED) is 0.831. The highest BCUT2D eigenvalue weighted by Gasteiger charge is 2.29. The lowest BCUT2D eigenvalue weighted by atomic mass is 9.92. The molecule has 1 aromatic rings. The SMILES string of the molecule is CCOC(C)(C)C(Cc1cc(OC)ccc1Br)NC. The third-order valence-electron chi connectivity index (χ3n) is 3.38. The van der Waals surface area contributed by atoms with Crippen LogP contribution in [0.25, 0.3) is 0 Å². The Hall–Kier alpha value is -0.580.